The molecular weight excluding hydrogens is 138 g/mol. The summed E-state index contributed by atoms with van der Waals surface area (Å²) in [7, 11) is 0. The second-order valence-corrected chi connectivity index (χ2v) is 3.34. The highest BCUT2D eigenvalue weighted by atomic mass is 16.3. The van der Waals surface area contributed by atoms with Crippen LogP contribution in [0.25, 0.3) is 0 Å². The van der Waals surface area contributed by atoms with Gasteiger partial charge < -0.3 is 10.4 Å². The number of hydrogen-bond donors (Lipinski definition) is 2. The molecule has 0 spiro atoms. The maximum absolute atomic E-state index is 8.75. The summed E-state index contributed by atoms with van der Waals surface area (Å²) in [6.45, 7) is 3.27. The first-order valence-corrected chi connectivity index (χ1v) is 4.32. The second-order valence-electron chi connectivity index (χ2n) is 3.34. The molecule has 0 aromatic rings. The Kier molecular flexibility index (Phi) is 3.60. The molecule has 0 aromatic carbocycles. The van der Waals surface area contributed by atoms with E-state index in [2.05, 4.69) is 24.4 Å². The highest BCUT2D eigenvalue weighted by molar-refractivity contribution is 4.97. The van der Waals surface area contributed by atoms with Crippen molar-refractivity contribution in [3.05, 3.63) is 12.2 Å². The van der Waals surface area contributed by atoms with E-state index in [4.69, 9.17) is 5.11 Å². The Morgan fingerprint density at radius 2 is 2.18 bits per heavy atom. The van der Waals surface area contributed by atoms with Crippen molar-refractivity contribution in [3.8, 4) is 0 Å². The highest BCUT2D eigenvalue weighted by Gasteiger charge is 2.09. The summed E-state index contributed by atoms with van der Waals surface area (Å²) in [5, 5.41) is 12.2. The molecule has 11 heavy (non-hydrogen) atoms. The summed E-state index contributed by atoms with van der Waals surface area (Å²) >= 11 is 0. The molecule has 0 heterocycles. The maximum atomic E-state index is 8.75. The van der Waals surface area contributed by atoms with Crippen molar-refractivity contribution < 1.29 is 5.11 Å². The van der Waals surface area contributed by atoms with Gasteiger partial charge in [0.2, 0.25) is 0 Å². The lowest BCUT2D eigenvalue weighted by atomic mass is 10.1. The third kappa shape index (κ3) is 3.04. The molecule has 2 heteroatoms. The Morgan fingerprint density at radius 1 is 1.55 bits per heavy atom. The van der Waals surface area contributed by atoms with Gasteiger partial charge in [-0.25, -0.2) is 0 Å². The molecule has 0 aliphatic heterocycles. The predicted molar refractivity (Wildman–Crippen MR) is 46.4 cm³/mol. The fourth-order valence-corrected chi connectivity index (χ4v) is 1.22. The van der Waals surface area contributed by atoms with Gasteiger partial charge in [-0.3, -0.25) is 0 Å². The van der Waals surface area contributed by atoms with Crippen LogP contribution in [0.3, 0.4) is 0 Å². The maximum Gasteiger partial charge on any atom is 0.0468 e. The van der Waals surface area contributed by atoms with Crippen LogP contribution in [0.4, 0.5) is 0 Å². The zero-order chi connectivity index (χ0) is 8.10. The average molecular weight is 155 g/mol. The Balaban J connectivity index is 2.03. The lowest BCUT2D eigenvalue weighted by Crippen LogP contribution is -2.31. The quantitative estimate of drug-likeness (QED) is 0.592. The molecule has 0 saturated carbocycles. The number of nitrogens with one attached hydrogen (secondary N) is 1. The lowest BCUT2D eigenvalue weighted by Gasteiger charge is -2.14. The number of rotatable bonds is 4. The van der Waals surface area contributed by atoms with Gasteiger partial charge in [-0.15, -0.1) is 0 Å². The van der Waals surface area contributed by atoms with E-state index in [1.165, 1.54) is 0 Å². The molecule has 0 fully saturated rings. The van der Waals surface area contributed by atoms with E-state index in [0.29, 0.717) is 12.0 Å². The van der Waals surface area contributed by atoms with E-state index in [1.54, 1.807) is 0 Å². The molecule has 1 rings (SSSR count). The van der Waals surface area contributed by atoms with Crippen LogP contribution in [-0.4, -0.2) is 24.3 Å². The van der Waals surface area contributed by atoms with E-state index < -0.39 is 0 Å². The first kappa shape index (κ1) is 8.75. The molecule has 64 valence electrons. The molecule has 1 unspecified atom stereocenters. The van der Waals surface area contributed by atoms with Crippen molar-refractivity contribution in [2.75, 3.05) is 13.2 Å². The molecule has 1 atom stereocenters. The lowest BCUT2D eigenvalue weighted by molar-refractivity contribution is 0.230. The van der Waals surface area contributed by atoms with Gasteiger partial charge in [-0.2, -0.15) is 0 Å². The minimum Gasteiger partial charge on any atom is -0.396 e. The summed E-state index contributed by atoms with van der Waals surface area (Å²) < 4.78 is 0. The van der Waals surface area contributed by atoms with E-state index in [1.807, 2.05) is 0 Å². The van der Waals surface area contributed by atoms with Crippen LogP contribution in [-0.2, 0) is 0 Å². The molecule has 0 saturated heterocycles. The molecule has 0 aromatic heterocycles. The molecule has 2 N–H and O–H groups in total. The first-order valence-electron chi connectivity index (χ1n) is 4.32. The van der Waals surface area contributed by atoms with Gasteiger partial charge in [0.15, 0.2) is 0 Å². The van der Waals surface area contributed by atoms with Gasteiger partial charge in [0.05, 0.1) is 0 Å². The van der Waals surface area contributed by atoms with E-state index in [-0.39, 0.29) is 6.61 Å². The van der Waals surface area contributed by atoms with Crippen molar-refractivity contribution in [2.24, 2.45) is 5.92 Å². The standard InChI is InChI=1S/C9H17NO/c1-8(7-11)6-10-9-4-2-3-5-9/h2-3,8-11H,4-7H2,1H3. The molecule has 0 amide bonds. The van der Waals surface area contributed by atoms with Crippen LogP contribution in [0.2, 0.25) is 0 Å². The average Bonchev–Trinajstić information content (AvgIpc) is 2.52. The SMILES string of the molecule is CC(CO)CNC1CC=CC1. The topological polar surface area (TPSA) is 32.3 Å². The molecule has 1 aliphatic carbocycles. The monoisotopic (exact) mass is 155 g/mol. The Morgan fingerprint density at radius 3 is 2.73 bits per heavy atom. The number of aliphatic hydroxyl groups excluding tert-OH is 1. The minimum atomic E-state index is 0.285. The number of aliphatic hydroxyl groups is 1. The van der Waals surface area contributed by atoms with Crippen LogP contribution in [0, 0.1) is 5.92 Å². The Bertz CT molecular complexity index is 126. The van der Waals surface area contributed by atoms with Crippen LogP contribution < -0.4 is 5.32 Å². The van der Waals surface area contributed by atoms with E-state index >= 15 is 0 Å². The van der Waals surface area contributed by atoms with Crippen LogP contribution >= 0.6 is 0 Å². The Labute approximate surface area is 68.3 Å². The van der Waals surface area contributed by atoms with E-state index in [9.17, 15) is 0 Å². The molecule has 1 aliphatic rings. The summed E-state index contributed by atoms with van der Waals surface area (Å²) in [5.41, 5.74) is 0. The summed E-state index contributed by atoms with van der Waals surface area (Å²) in [4.78, 5) is 0. The zero-order valence-electron chi connectivity index (χ0n) is 7.09. The van der Waals surface area contributed by atoms with Gasteiger partial charge in [0, 0.05) is 19.2 Å². The second kappa shape index (κ2) is 4.52. The van der Waals surface area contributed by atoms with E-state index in [0.717, 1.165) is 19.4 Å². The first-order chi connectivity index (χ1) is 5.33. The van der Waals surface area contributed by atoms with Gasteiger partial charge in [-0.05, 0) is 18.8 Å². The zero-order valence-corrected chi connectivity index (χ0v) is 7.09. The van der Waals surface area contributed by atoms with Crippen LogP contribution in [0.15, 0.2) is 12.2 Å². The fraction of sp³-hybridized carbons (Fsp3) is 0.778. The highest BCUT2D eigenvalue weighted by Crippen LogP contribution is 2.09. The van der Waals surface area contributed by atoms with Gasteiger partial charge in [0.25, 0.3) is 0 Å². The summed E-state index contributed by atoms with van der Waals surface area (Å²) in [5.74, 6) is 0.385. The fourth-order valence-electron chi connectivity index (χ4n) is 1.22. The largest absolute Gasteiger partial charge is 0.396 e. The normalized spacial score (nSPS) is 20.9. The third-order valence-corrected chi connectivity index (χ3v) is 2.07. The third-order valence-electron chi connectivity index (χ3n) is 2.07. The summed E-state index contributed by atoms with van der Waals surface area (Å²) in [6.07, 6.45) is 6.72. The van der Waals surface area contributed by atoms with Gasteiger partial charge >= 0.3 is 0 Å². The van der Waals surface area contributed by atoms with Crippen molar-refractivity contribution in [2.45, 2.75) is 25.8 Å². The smallest absolute Gasteiger partial charge is 0.0468 e. The van der Waals surface area contributed by atoms with Crippen molar-refractivity contribution in [1.29, 1.82) is 0 Å². The molecular formula is C9H17NO. The van der Waals surface area contributed by atoms with Gasteiger partial charge in [0.1, 0.15) is 0 Å². The predicted octanol–water partition coefficient (Wildman–Crippen LogP) is 0.923. The molecule has 0 radical (unpaired) electrons. The van der Waals surface area contributed by atoms with Crippen molar-refractivity contribution in [1.82, 2.24) is 5.32 Å². The van der Waals surface area contributed by atoms with Crippen LogP contribution in [0.1, 0.15) is 19.8 Å². The number of hydrogen-bond acceptors (Lipinski definition) is 2. The van der Waals surface area contributed by atoms with Crippen molar-refractivity contribution in [3.63, 3.8) is 0 Å². The molecule has 2 nitrogen and oxygen atoms in total. The minimum absolute atomic E-state index is 0.285. The summed E-state index contributed by atoms with van der Waals surface area (Å²) in [6, 6.07) is 0.629. The van der Waals surface area contributed by atoms with Gasteiger partial charge in [-0.1, -0.05) is 19.1 Å². The van der Waals surface area contributed by atoms with Crippen molar-refractivity contribution >= 4 is 0 Å². The van der Waals surface area contributed by atoms with Crippen LogP contribution in [0.5, 0.6) is 0 Å². The molecule has 0 bridgehead atoms. The Hall–Kier alpha value is -0.340.